The summed E-state index contributed by atoms with van der Waals surface area (Å²) in [6.07, 6.45) is 4.96. The Balaban J connectivity index is 1.51. The molecule has 0 saturated carbocycles. The van der Waals surface area contributed by atoms with Gasteiger partial charge in [0.1, 0.15) is 11.6 Å². The Hall–Kier alpha value is -3.27. The number of H-pyrrole nitrogens is 1. The molecule has 3 N–H and O–H groups in total. The number of benzene rings is 1. The fraction of sp³-hybridized carbons (Fsp3) is 0.222. The van der Waals surface area contributed by atoms with E-state index in [2.05, 4.69) is 30.9 Å². The van der Waals surface area contributed by atoms with Gasteiger partial charge in [-0.3, -0.25) is 14.6 Å². The molecule has 8 nitrogen and oxygen atoms in total. The van der Waals surface area contributed by atoms with E-state index in [1.807, 2.05) is 26.0 Å². The van der Waals surface area contributed by atoms with Crippen LogP contribution in [-0.4, -0.2) is 37.5 Å². The van der Waals surface area contributed by atoms with E-state index < -0.39 is 6.67 Å². The number of hydrogen-bond acceptors (Lipinski definition) is 6. The van der Waals surface area contributed by atoms with Crippen LogP contribution in [0.4, 0.5) is 21.0 Å². The van der Waals surface area contributed by atoms with Crippen molar-refractivity contribution in [3.8, 4) is 0 Å². The maximum Gasteiger partial charge on any atom is 0.267 e. The molecule has 10 heteroatoms. The Bertz CT molecular complexity index is 1150. The highest BCUT2D eigenvalue weighted by Crippen LogP contribution is 2.28. The minimum Gasteiger partial charge on any atom is -0.320 e. The van der Waals surface area contributed by atoms with Crippen molar-refractivity contribution in [1.82, 2.24) is 25.0 Å². The lowest BCUT2D eigenvalue weighted by Gasteiger charge is -2.08. The van der Waals surface area contributed by atoms with Crippen LogP contribution in [0.1, 0.15) is 20.8 Å². The topological polar surface area (TPSA) is 101 Å². The molecule has 144 valence electrons. The molecule has 0 saturated heterocycles. The lowest BCUT2D eigenvalue weighted by atomic mass is 10.1. The molecule has 1 aromatic carbocycles. The molecule has 3 aromatic heterocycles. The van der Waals surface area contributed by atoms with Crippen LogP contribution in [0.5, 0.6) is 0 Å². The largest absolute Gasteiger partial charge is 0.320 e. The fourth-order valence-corrected chi connectivity index (χ4v) is 3.56. The summed E-state index contributed by atoms with van der Waals surface area (Å²) in [6.45, 7) is 3.52. The molecule has 0 bridgehead atoms. The van der Waals surface area contributed by atoms with Crippen molar-refractivity contribution in [3.63, 3.8) is 0 Å². The second-order valence-corrected chi connectivity index (χ2v) is 7.34. The molecule has 28 heavy (non-hydrogen) atoms. The molecule has 3 heterocycles. The molecule has 0 atom stereocenters. The average molecular weight is 399 g/mol. The number of alkyl halides is 1. The van der Waals surface area contributed by atoms with Gasteiger partial charge in [0.15, 0.2) is 10.9 Å². The highest BCUT2D eigenvalue weighted by molar-refractivity contribution is 7.17. The number of aromatic amines is 1. The summed E-state index contributed by atoms with van der Waals surface area (Å²) in [7, 11) is 0. The second kappa shape index (κ2) is 7.39. The molecule has 0 aliphatic carbocycles. The van der Waals surface area contributed by atoms with Gasteiger partial charge < -0.3 is 10.6 Å². The zero-order valence-corrected chi connectivity index (χ0v) is 16.1. The van der Waals surface area contributed by atoms with Gasteiger partial charge in [-0.15, -0.1) is 0 Å². The van der Waals surface area contributed by atoms with E-state index in [4.69, 9.17) is 0 Å². The summed E-state index contributed by atoms with van der Waals surface area (Å²) in [4.78, 5) is 17.4. The van der Waals surface area contributed by atoms with Crippen LogP contribution in [0.25, 0.3) is 10.9 Å². The SMILES string of the molecule is Cc1cn(CCF)nc1Nc1ncc(C(=O)Nc2c(C)ccc3[nH]ncc23)s1. The van der Waals surface area contributed by atoms with E-state index in [1.54, 1.807) is 12.4 Å². The van der Waals surface area contributed by atoms with Crippen molar-refractivity contribution >= 4 is 44.8 Å². The van der Waals surface area contributed by atoms with E-state index in [9.17, 15) is 9.18 Å². The maximum absolute atomic E-state index is 12.7. The third kappa shape index (κ3) is 3.46. The van der Waals surface area contributed by atoms with Crippen LogP contribution in [0.15, 0.2) is 30.7 Å². The van der Waals surface area contributed by atoms with Crippen molar-refractivity contribution in [1.29, 1.82) is 0 Å². The summed E-state index contributed by atoms with van der Waals surface area (Å²) in [5.41, 5.74) is 3.39. The summed E-state index contributed by atoms with van der Waals surface area (Å²) in [6, 6.07) is 3.85. The summed E-state index contributed by atoms with van der Waals surface area (Å²) >= 11 is 1.22. The summed E-state index contributed by atoms with van der Waals surface area (Å²) < 4.78 is 14.0. The average Bonchev–Trinajstić information content (AvgIpc) is 3.39. The van der Waals surface area contributed by atoms with Gasteiger partial charge >= 0.3 is 0 Å². The first-order valence-electron chi connectivity index (χ1n) is 8.62. The van der Waals surface area contributed by atoms with E-state index in [-0.39, 0.29) is 12.5 Å². The molecule has 0 spiro atoms. The first-order chi connectivity index (χ1) is 13.5. The zero-order valence-electron chi connectivity index (χ0n) is 15.3. The van der Waals surface area contributed by atoms with Crippen LogP contribution in [0.2, 0.25) is 0 Å². The van der Waals surface area contributed by atoms with Crippen molar-refractivity contribution in [2.24, 2.45) is 0 Å². The lowest BCUT2D eigenvalue weighted by Crippen LogP contribution is -2.11. The minimum atomic E-state index is -0.481. The smallest absolute Gasteiger partial charge is 0.267 e. The summed E-state index contributed by atoms with van der Waals surface area (Å²) in [5, 5.41) is 18.6. The standard InChI is InChI=1S/C18H18FN7OS/c1-10-3-4-13-12(7-21-24-13)15(10)22-17(27)14-8-20-18(28-14)23-16-11(2)9-26(25-16)6-5-19/h3-4,7-9H,5-6H2,1-2H3,(H,21,24)(H,22,27)(H,20,23,25). The van der Waals surface area contributed by atoms with Crippen LogP contribution in [0, 0.1) is 13.8 Å². The van der Waals surface area contributed by atoms with Gasteiger partial charge in [0.05, 0.1) is 30.1 Å². The number of hydrogen-bond donors (Lipinski definition) is 3. The van der Waals surface area contributed by atoms with Gasteiger partial charge in [0.25, 0.3) is 5.91 Å². The van der Waals surface area contributed by atoms with Gasteiger partial charge in [-0.05, 0) is 25.5 Å². The predicted molar refractivity (Wildman–Crippen MR) is 107 cm³/mol. The lowest BCUT2D eigenvalue weighted by molar-refractivity contribution is 0.103. The number of carbonyl (C=O) groups excluding carboxylic acids is 1. The summed E-state index contributed by atoms with van der Waals surface area (Å²) in [5.74, 6) is 0.343. The molecule has 0 aliphatic heterocycles. The van der Waals surface area contributed by atoms with E-state index in [0.717, 1.165) is 27.7 Å². The van der Waals surface area contributed by atoms with Crippen molar-refractivity contribution in [3.05, 3.63) is 46.7 Å². The Morgan fingerprint density at radius 1 is 1.29 bits per heavy atom. The van der Waals surface area contributed by atoms with Crippen molar-refractivity contribution < 1.29 is 9.18 Å². The monoisotopic (exact) mass is 399 g/mol. The molecule has 0 unspecified atom stereocenters. The highest BCUT2D eigenvalue weighted by atomic mass is 32.1. The Labute approximate surface area is 163 Å². The number of halogens is 1. The van der Waals surface area contributed by atoms with Crippen molar-refractivity contribution in [2.75, 3.05) is 17.3 Å². The van der Waals surface area contributed by atoms with Gasteiger partial charge in [0.2, 0.25) is 0 Å². The molecule has 0 fully saturated rings. The number of aryl methyl sites for hydroxylation is 3. The molecule has 4 aromatic rings. The van der Waals surface area contributed by atoms with E-state index in [1.165, 1.54) is 22.2 Å². The van der Waals surface area contributed by atoms with Gasteiger partial charge in [0, 0.05) is 17.1 Å². The quantitative estimate of drug-likeness (QED) is 0.458. The number of carbonyl (C=O) groups is 1. The number of aromatic nitrogens is 5. The van der Waals surface area contributed by atoms with Crippen LogP contribution in [0.3, 0.4) is 0 Å². The molecule has 1 amide bonds. The molecule has 0 aliphatic rings. The number of anilines is 3. The third-order valence-electron chi connectivity index (χ3n) is 4.28. The van der Waals surface area contributed by atoms with Crippen LogP contribution >= 0.6 is 11.3 Å². The third-order valence-corrected chi connectivity index (χ3v) is 5.20. The Kier molecular flexibility index (Phi) is 4.78. The van der Waals surface area contributed by atoms with Crippen LogP contribution in [-0.2, 0) is 6.54 Å². The number of rotatable bonds is 6. The second-order valence-electron chi connectivity index (χ2n) is 6.31. The number of thiazole rings is 1. The Morgan fingerprint density at radius 2 is 2.14 bits per heavy atom. The number of nitrogens with zero attached hydrogens (tertiary/aromatic N) is 4. The molecular weight excluding hydrogens is 381 g/mol. The maximum atomic E-state index is 12.7. The van der Waals surface area contributed by atoms with Crippen molar-refractivity contribution in [2.45, 2.75) is 20.4 Å². The fourth-order valence-electron chi connectivity index (χ4n) is 2.85. The predicted octanol–water partition coefficient (Wildman–Crippen LogP) is 3.80. The molecule has 4 rings (SSSR count). The number of fused-ring (bicyclic) bond motifs is 1. The van der Waals surface area contributed by atoms with Gasteiger partial charge in [-0.1, -0.05) is 17.4 Å². The van der Waals surface area contributed by atoms with E-state index >= 15 is 0 Å². The molecular formula is C18H18FN7OS. The first-order valence-corrected chi connectivity index (χ1v) is 9.43. The normalized spacial score (nSPS) is 11.1. The van der Waals surface area contributed by atoms with Gasteiger partial charge in [-0.25, -0.2) is 9.37 Å². The molecule has 0 radical (unpaired) electrons. The van der Waals surface area contributed by atoms with Crippen LogP contribution < -0.4 is 10.6 Å². The first kappa shape index (κ1) is 18.1. The zero-order chi connectivity index (χ0) is 19.7. The Morgan fingerprint density at radius 3 is 2.96 bits per heavy atom. The van der Waals surface area contributed by atoms with E-state index in [0.29, 0.717) is 15.8 Å². The number of nitrogens with one attached hydrogen (secondary N) is 3. The highest BCUT2D eigenvalue weighted by Gasteiger charge is 2.15. The number of amides is 1. The minimum absolute atomic E-state index is 0.201. The van der Waals surface area contributed by atoms with Gasteiger partial charge in [-0.2, -0.15) is 10.2 Å².